The van der Waals surface area contributed by atoms with Crippen LogP contribution in [0.4, 0.5) is 0 Å². The van der Waals surface area contributed by atoms with E-state index in [-0.39, 0.29) is 0 Å². The normalized spacial score (nSPS) is 42.9. The molecule has 3 heterocycles. The van der Waals surface area contributed by atoms with Gasteiger partial charge in [-0.05, 0) is 17.6 Å². The van der Waals surface area contributed by atoms with Gasteiger partial charge in [-0.3, -0.25) is 4.79 Å². The summed E-state index contributed by atoms with van der Waals surface area (Å²) in [5.74, 6) is 1.14. The Bertz CT molecular complexity index is 274. The largest absolute Gasteiger partial charge is 0.329 e. The van der Waals surface area contributed by atoms with E-state index in [4.69, 9.17) is 0 Å². The van der Waals surface area contributed by atoms with Gasteiger partial charge in [-0.15, -0.1) is 0 Å². The number of nitrogens with one attached hydrogen (secondary N) is 1. The summed E-state index contributed by atoms with van der Waals surface area (Å²) < 4.78 is 0. The lowest BCUT2D eigenvalue weighted by atomic mass is 9.74. The maximum atomic E-state index is 11.3. The standard InChI is InChI=1S/C11H15NO/c13-9-1-2-11-10(7-9)8-3-5-12(11)6-4-8/h7-8,11H,1-6H2/p+1/t11-/m1/s1. The third kappa shape index (κ3) is 1.08. The lowest BCUT2D eigenvalue weighted by Gasteiger charge is -2.45. The quantitative estimate of drug-likeness (QED) is 0.552. The predicted molar refractivity (Wildman–Crippen MR) is 49.5 cm³/mol. The van der Waals surface area contributed by atoms with Crippen LogP contribution in [0, 0.1) is 5.92 Å². The van der Waals surface area contributed by atoms with Crippen LogP contribution in [0.2, 0.25) is 0 Å². The maximum Gasteiger partial charge on any atom is 0.156 e. The maximum absolute atomic E-state index is 11.3. The molecule has 0 aromatic carbocycles. The molecule has 13 heavy (non-hydrogen) atoms. The van der Waals surface area contributed by atoms with Gasteiger partial charge in [0.05, 0.1) is 13.1 Å². The third-order valence-corrected chi connectivity index (χ3v) is 4.00. The van der Waals surface area contributed by atoms with Gasteiger partial charge in [-0.2, -0.15) is 0 Å². The molecule has 0 spiro atoms. The van der Waals surface area contributed by atoms with Gasteiger partial charge >= 0.3 is 0 Å². The van der Waals surface area contributed by atoms with Crippen molar-refractivity contribution in [2.24, 2.45) is 5.92 Å². The molecular weight excluding hydrogens is 162 g/mol. The number of hydrogen-bond donors (Lipinski definition) is 1. The van der Waals surface area contributed by atoms with Gasteiger partial charge in [0.15, 0.2) is 5.78 Å². The summed E-state index contributed by atoms with van der Waals surface area (Å²) in [4.78, 5) is 13.1. The zero-order chi connectivity index (χ0) is 8.84. The Hall–Kier alpha value is -0.630. The van der Waals surface area contributed by atoms with Crippen LogP contribution in [0.15, 0.2) is 11.6 Å². The van der Waals surface area contributed by atoms with Crippen molar-refractivity contribution in [3.63, 3.8) is 0 Å². The number of hydrogen-bond acceptors (Lipinski definition) is 1. The van der Waals surface area contributed by atoms with E-state index in [1.807, 2.05) is 6.08 Å². The van der Waals surface area contributed by atoms with Crippen molar-refractivity contribution in [2.75, 3.05) is 13.1 Å². The van der Waals surface area contributed by atoms with Gasteiger partial charge in [0.2, 0.25) is 0 Å². The number of allylic oxidation sites excluding steroid dienone is 1. The molecule has 3 fully saturated rings. The van der Waals surface area contributed by atoms with Gasteiger partial charge in [0.1, 0.15) is 6.04 Å². The Morgan fingerprint density at radius 3 is 2.77 bits per heavy atom. The molecule has 2 nitrogen and oxygen atoms in total. The van der Waals surface area contributed by atoms with Crippen molar-refractivity contribution in [1.82, 2.24) is 0 Å². The molecule has 0 aromatic heterocycles. The summed E-state index contributed by atoms with van der Waals surface area (Å²) in [5.41, 5.74) is 1.50. The predicted octanol–water partition coefficient (Wildman–Crippen LogP) is -0.0472. The second kappa shape index (κ2) is 2.68. The van der Waals surface area contributed by atoms with Crippen LogP contribution in [0.1, 0.15) is 25.7 Å². The van der Waals surface area contributed by atoms with Gasteiger partial charge in [0.25, 0.3) is 0 Å². The zero-order valence-electron chi connectivity index (χ0n) is 7.88. The fourth-order valence-corrected chi connectivity index (χ4v) is 3.32. The van der Waals surface area contributed by atoms with E-state index in [0.717, 1.165) is 24.8 Å². The first kappa shape index (κ1) is 7.74. The number of carbonyl (C=O) groups excluding carboxylic acids is 1. The Morgan fingerprint density at radius 2 is 2.00 bits per heavy atom. The van der Waals surface area contributed by atoms with Crippen molar-refractivity contribution in [3.8, 4) is 0 Å². The number of rotatable bonds is 0. The van der Waals surface area contributed by atoms with Crippen molar-refractivity contribution >= 4 is 5.78 Å². The van der Waals surface area contributed by atoms with E-state index >= 15 is 0 Å². The van der Waals surface area contributed by atoms with E-state index in [1.54, 1.807) is 4.90 Å². The highest BCUT2D eigenvalue weighted by atomic mass is 16.1. The lowest BCUT2D eigenvalue weighted by Crippen LogP contribution is -3.19. The molecule has 70 valence electrons. The fourth-order valence-electron chi connectivity index (χ4n) is 3.32. The summed E-state index contributed by atoms with van der Waals surface area (Å²) in [5, 5.41) is 0. The number of fused-ring (bicyclic) bond motifs is 2. The lowest BCUT2D eigenvalue weighted by molar-refractivity contribution is -0.934. The highest BCUT2D eigenvalue weighted by Crippen LogP contribution is 2.31. The van der Waals surface area contributed by atoms with E-state index in [0.29, 0.717) is 5.78 Å². The molecule has 0 unspecified atom stereocenters. The molecule has 0 saturated carbocycles. The third-order valence-electron chi connectivity index (χ3n) is 4.00. The fraction of sp³-hybridized carbons (Fsp3) is 0.727. The summed E-state index contributed by atoms with van der Waals surface area (Å²) in [6.07, 6.45) is 6.54. The van der Waals surface area contributed by atoms with Crippen LogP contribution in [0.5, 0.6) is 0 Å². The smallest absolute Gasteiger partial charge is 0.156 e. The Labute approximate surface area is 78.6 Å². The minimum Gasteiger partial charge on any atom is -0.329 e. The van der Waals surface area contributed by atoms with E-state index in [1.165, 1.54) is 31.5 Å². The Kier molecular flexibility index (Phi) is 1.59. The molecule has 2 heteroatoms. The molecule has 3 aliphatic heterocycles. The second-order valence-electron chi connectivity index (χ2n) is 4.63. The molecule has 0 radical (unpaired) electrons. The first-order valence-electron chi connectivity index (χ1n) is 5.43. The molecular formula is C11H16NO+. The molecule has 2 bridgehead atoms. The number of quaternary nitrogens is 1. The minimum atomic E-state index is 0.374. The Morgan fingerprint density at radius 1 is 1.23 bits per heavy atom. The van der Waals surface area contributed by atoms with Gasteiger partial charge < -0.3 is 4.90 Å². The van der Waals surface area contributed by atoms with Crippen LogP contribution in [-0.2, 0) is 4.79 Å². The van der Waals surface area contributed by atoms with Gasteiger partial charge in [0, 0.05) is 25.7 Å². The highest BCUT2D eigenvalue weighted by molar-refractivity contribution is 5.91. The summed E-state index contributed by atoms with van der Waals surface area (Å²) in [7, 11) is 0. The van der Waals surface area contributed by atoms with E-state index < -0.39 is 0 Å². The molecule has 4 aliphatic rings. The summed E-state index contributed by atoms with van der Waals surface area (Å²) in [6, 6.07) is 0.727. The monoisotopic (exact) mass is 178 g/mol. The first-order chi connectivity index (χ1) is 6.34. The van der Waals surface area contributed by atoms with Gasteiger partial charge in [-0.25, -0.2) is 0 Å². The topological polar surface area (TPSA) is 21.5 Å². The second-order valence-corrected chi connectivity index (χ2v) is 4.63. The molecule has 0 amide bonds. The summed E-state index contributed by atoms with van der Waals surface area (Å²) in [6.45, 7) is 2.70. The Balaban J connectivity index is 1.98. The molecule has 0 aromatic rings. The van der Waals surface area contributed by atoms with Crippen molar-refractivity contribution in [3.05, 3.63) is 11.6 Å². The highest BCUT2D eigenvalue weighted by Gasteiger charge is 2.42. The molecule has 1 atom stereocenters. The van der Waals surface area contributed by atoms with Crippen molar-refractivity contribution in [2.45, 2.75) is 31.7 Å². The number of piperidine rings is 3. The van der Waals surface area contributed by atoms with Crippen molar-refractivity contribution in [1.29, 1.82) is 0 Å². The van der Waals surface area contributed by atoms with Crippen LogP contribution in [0.25, 0.3) is 0 Å². The number of ketones is 1. The molecule has 3 saturated heterocycles. The van der Waals surface area contributed by atoms with E-state index in [9.17, 15) is 4.79 Å². The minimum absolute atomic E-state index is 0.374. The molecule has 1 N–H and O–H groups in total. The molecule has 1 aliphatic carbocycles. The van der Waals surface area contributed by atoms with E-state index in [2.05, 4.69) is 0 Å². The first-order valence-corrected chi connectivity index (χ1v) is 5.43. The zero-order valence-corrected chi connectivity index (χ0v) is 7.88. The molecule has 4 rings (SSSR count). The van der Waals surface area contributed by atoms with Crippen LogP contribution in [-0.4, -0.2) is 24.9 Å². The van der Waals surface area contributed by atoms with Crippen molar-refractivity contribution < 1.29 is 9.69 Å². The van der Waals surface area contributed by atoms with Gasteiger partial charge in [-0.1, -0.05) is 0 Å². The van der Waals surface area contributed by atoms with Crippen LogP contribution < -0.4 is 4.90 Å². The average molecular weight is 178 g/mol. The number of carbonyl (C=O) groups is 1. The van der Waals surface area contributed by atoms with Crippen LogP contribution >= 0.6 is 0 Å². The SMILES string of the molecule is O=C1C=C2C3CC[NH+](CC3)[C@@H]2CC1. The van der Waals surface area contributed by atoms with Crippen LogP contribution in [0.3, 0.4) is 0 Å². The average Bonchev–Trinajstić information content (AvgIpc) is 2.19. The summed E-state index contributed by atoms with van der Waals surface area (Å²) >= 11 is 0.